The van der Waals surface area contributed by atoms with Crippen LogP contribution >= 0.6 is 0 Å². The van der Waals surface area contributed by atoms with E-state index >= 15 is 0 Å². The minimum atomic E-state index is -0.904. The number of carboxylic acid groups (broad SMARTS) is 1. The molecule has 2 saturated carbocycles. The Morgan fingerprint density at radius 3 is 2.56 bits per heavy atom. The standard InChI is InChI=1S/C12H16N2O2/c15-12(16)10-7-11(8-3-1-2-4-8)14(13-10)9-5-6-9/h7-9H,1-6H2,(H,15,16). The maximum absolute atomic E-state index is 10.9. The zero-order valence-electron chi connectivity index (χ0n) is 9.22. The normalized spacial score (nSPS) is 21.5. The molecule has 0 unspecified atom stereocenters. The summed E-state index contributed by atoms with van der Waals surface area (Å²) in [6, 6.07) is 2.26. The third kappa shape index (κ3) is 1.62. The number of hydrogen-bond acceptors (Lipinski definition) is 2. The Hall–Kier alpha value is -1.32. The minimum absolute atomic E-state index is 0.216. The Morgan fingerprint density at radius 2 is 2.00 bits per heavy atom. The predicted octanol–water partition coefficient (Wildman–Crippen LogP) is 2.57. The molecule has 0 amide bonds. The van der Waals surface area contributed by atoms with Crippen LogP contribution in [0.1, 0.15) is 66.7 Å². The van der Waals surface area contributed by atoms with E-state index in [0.717, 1.165) is 18.5 Å². The monoisotopic (exact) mass is 220 g/mol. The molecule has 86 valence electrons. The Balaban J connectivity index is 1.96. The lowest BCUT2D eigenvalue weighted by Gasteiger charge is -2.11. The average Bonchev–Trinajstić information content (AvgIpc) is 2.83. The van der Waals surface area contributed by atoms with E-state index in [1.807, 2.05) is 4.68 Å². The second-order valence-electron chi connectivity index (χ2n) is 4.92. The van der Waals surface area contributed by atoms with Gasteiger partial charge in [-0.25, -0.2) is 4.79 Å². The number of aromatic nitrogens is 2. The molecule has 2 aliphatic rings. The first kappa shape index (κ1) is 9.87. The number of rotatable bonds is 3. The first-order valence-electron chi connectivity index (χ1n) is 6.08. The van der Waals surface area contributed by atoms with E-state index in [-0.39, 0.29) is 5.69 Å². The van der Waals surface area contributed by atoms with Crippen LogP contribution in [-0.4, -0.2) is 20.9 Å². The van der Waals surface area contributed by atoms with Crippen LogP contribution in [-0.2, 0) is 0 Å². The van der Waals surface area contributed by atoms with Gasteiger partial charge in [0.05, 0.1) is 6.04 Å². The van der Waals surface area contributed by atoms with E-state index in [4.69, 9.17) is 5.11 Å². The fraction of sp³-hybridized carbons (Fsp3) is 0.667. The molecule has 0 atom stereocenters. The van der Waals surface area contributed by atoms with E-state index in [0.29, 0.717) is 12.0 Å². The molecule has 1 aromatic heterocycles. The maximum Gasteiger partial charge on any atom is 0.356 e. The summed E-state index contributed by atoms with van der Waals surface area (Å²) in [7, 11) is 0. The highest BCUT2D eigenvalue weighted by atomic mass is 16.4. The second-order valence-corrected chi connectivity index (χ2v) is 4.92. The highest BCUT2D eigenvalue weighted by molar-refractivity contribution is 5.85. The Morgan fingerprint density at radius 1 is 1.31 bits per heavy atom. The quantitative estimate of drug-likeness (QED) is 0.851. The molecule has 0 aromatic carbocycles. The number of carbonyl (C=O) groups is 1. The van der Waals surface area contributed by atoms with Crippen molar-refractivity contribution in [2.75, 3.05) is 0 Å². The lowest BCUT2D eigenvalue weighted by Crippen LogP contribution is -2.06. The molecule has 1 aromatic rings. The smallest absolute Gasteiger partial charge is 0.356 e. The van der Waals surface area contributed by atoms with Gasteiger partial charge in [0, 0.05) is 11.6 Å². The van der Waals surface area contributed by atoms with Gasteiger partial charge in [0.25, 0.3) is 0 Å². The SMILES string of the molecule is O=C(O)c1cc(C2CCCC2)n(C2CC2)n1. The van der Waals surface area contributed by atoms with Crippen molar-refractivity contribution in [1.82, 2.24) is 9.78 Å². The van der Waals surface area contributed by atoms with Gasteiger partial charge in [-0.1, -0.05) is 12.8 Å². The molecule has 3 rings (SSSR count). The molecule has 16 heavy (non-hydrogen) atoms. The zero-order valence-corrected chi connectivity index (χ0v) is 9.22. The van der Waals surface area contributed by atoms with Gasteiger partial charge in [0.1, 0.15) is 0 Å². The van der Waals surface area contributed by atoms with Gasteiger partial charge >= 0.3 is 5.97 Å². The van der Waals surface area contributed by atoms with Crippen LogP contribution < -0.4 is 0 Å². The summed E-state index contributed by atoms with van der Waals surface area (Å²) in [6.07, 6.45) is 7.22. The predicted molar refractivity (Wildman–Crippen MR) is 58.7 cm³/mol. The second kappa shape index (κ2) is 3.61. The van der Waals surface area contributed by atoms with E-state index in [1.165, 1.54) is 25.7 Å². The molecule has 2 fully saturated rings. The fourth-order valence-corrected chi connectivity index (χ4v) is 2.65. The number of nitrogens with zero attached hydrogens (tertiary/aromatic N) is 2. The minimum Gasteiger partial charge on any atom is -0.476 e. The fourth-order valence-electron chi connectivity index (χ4n) is 2.65. The molecule has 0 radical (unpaired) electrons. The van der Waals surface area contributed by atoms with E-state index in [2.05, 4.69) is 5.10 Å². The van der Waals surface area contributed by atoms with E-state index in [9.17, 15) is 4.79 Å². The summed E-state index contributed by atoms with van der Waals surface area (Å²) >= 11 is 0. The van der Waals surface area contributed by atoms with Crippen LogP contribution in [0.5, 0.6) is 0 Å². The van der Waals surface area contributed by atoms with Crippen LogP contribution in [0.15, 0.2) is 6.07 Å². The summed E-state index contributed by atoms with van der Waals surface area (Å²) in [6.45, 7) is 0. The van der Waals surface area contributed by atoms with Gasteiger partial charge in [0.15, 0.2) is 5.69 Å². The molecule has 0 spiro atoms. The lowest BCUT2D eigenvalue weighted by atomic mass is 10.0. The molecule has 2 aliphatic carbocycles. The number of hydrogen-bond donors (Lipinski definition) is 1. The van der Waals surface area contributed by atoms with Crippen molar-refractivity contribution in [2.24, 2.45) is 0 Å². The number of carboxylic acids is 1. The highest BCUT2D eigenvalue weighted by Crippen LogP contribution is 2.41. The summed E-state index contributed by atoms with van der Waals surface area (Å²) < 4.78 is 1.99. The largest absolute Gasteiger partial charge is 0.476 e. The van der Waals surface area contributed by atoms with Crippen LogP contribution in [0.2, 0.25) is 0 Å². The van der Waals surface area contributed by atoms with Gasteiger partial charge in [-0.15, -0.1) is 0 Å². The molecular formula is C12H16N2O2. The van der Waals surface area contributed by atoms with E-state index < -0.39 is 5.97 Å². The topological polar surface area (TPSA) is 55.1 Å². The van der Waals surface area contributed by atoms with Gasteiger partial charge < -0.3 is 5.11 Å². The molecule has 0 saturated heterocycles. The maximum atomic E-state index is 10.9. The molecule has 0 aliphatic heterocycles. The Kier molecular flexibility index (Phi) is 2.23. The Bertz CT molecular complexity index is 415. The van der Waals surface area contributed by atoms with Gasteiger partial charge in [-0.3, -0.25) is 4.68 Å². The van der Waals surface area contributed by atoms with Crippen LogP contribution in [0.3, 0.4) is 0 Å². The van der Waals surface area contributed by atoms with Crippen molar-refractivity contribution >= 4 is 5.97 Å². The highest BCUT2D eigenvalue weighted by Gasteiger charge is 2.31. The Labute approximate surface area is 94.3 Å². The molecule has 4 heteroatoms. The van der Waals surface area contributed by atoms with Crippen molar-refractivity contribution < 1.29 is 9.90 Å². The van der Waals surface area contributed by atoms with Crippen molar-refractivity contribution in [3.63, 3.8) is 0 Å². The molecule has 4 nitrogen and oxygen atoms in total. The first-order chi connectivity index (χ1) is 7.75. The van der Waals surface area contributed by atoms with Crippen molar-refractivity contribution in [3.05, 3.63) is 17.5 Å². The van der Waals surface area contributed by atoms with Crippen molar-refractivity contribution in [2.45, 2.75) is 50.5 Å². The number of aromatic carboxylic acids is 1. The van der Waals surface area contributed by atoms with E-state index in [1.54, 1.807) is 6.07 Å². The average molecular weight is 220 g/mol. The third-order valence-electron chi connectivity index (χ3n) is 3.65. The molecule has 1 N–H and O–H groups in total. The molecular weight excluding hydrogens is 204 g/mol. The van der Waals surface area contributed by atoms with Crippen LogP contribution in [0.4, 0.5) is 0 Å². The summed E-state index contributed by atoms with van der Waals surface area (Å²) in [5, 5.41) is 13.2. The lowest BCUT2D eigenvalue weighted by molar-refractivity contribution is 0.0689. The summed E-state index contributed by atoms with van der Waals surface area (Å²) in [5.74, 6) is -0.361. The van der Waals surface area contributed by atoms with Crippen molar-refractivity contribution in [3.8, 4) is 0 Å². The van der Waals surface area contributed by atoms with Crippen LogP contribution in [0, 0.1) is 0 Å². The van der Waals surface area contributed by atoms with Crippen molar-refractivity contribution in [1.29, 1.82) is 0 Å². The summed E-state index contributed by atoms with van der Waals surface area (Å²) in [4.78, 5) is 10.9. The summed E-state index contributed by atoms with van der Waals surface area (Å²) in [5.41, 5.74) is 1.38. The van der Waals surface area contributed by atoms with Crippen LogP contribution in [0.25, 0.3) is 0 Å². The molecule has 0 bridgehead atoms. The first-order valence-corrected chi connectivity index (χ1v) is 6.08. The van der Waals surface area contributed by atoms with Gasteiger partial charge in [0.2, 0.25) is 0 Å². The molecule has 1 heterocycles. The third-order valence-corrected chi connectivity index (χ3v) is 3.65. The zero-order chi connectivity index (χ0) is 11.1. The van der Waals surface area contributed by atoms with Gasteiger partial charge in [-0.05, 0) is 31.7 Å². The van der Waals surface area contributed by atoms with Gasteiger partial charge in [-0.2, -0.15) is 5.10 Å².